The maximum Gasteiger partial charge on any atom is 0.265 e. The molecule has 0 aliphatic carbocycles. The molecule has 0 spiro atoms. The van der Waals surface area contributed by atoms with E-state index in [-0.39, 0.29) is 11.8 Å². The number of amides is 2. The Labute approximate surface area is 141 Å². The number of carbonyl (C=O) groups excluding carboxylic acids is 2. The van der Waals surface area contributed by atoms with E-state index in [2.05, 4.69) is 15.6 Å². The molecule has 23 heavy (non-hydrogen) atoms. The lowest BCUT2D eigenvalue weighted by Crippen LogP contribution is -2.13. The Morgan fingerprint density at radius 1 is 1.04 bits per heavy atom. The summed E-state index contributed by atoms with van der Waals surface area (Å²) >= 11 is 2.80. The second-order valence-electron chi connectivity index (χ2n) is 4.74. The van der Waals surface area contributed by atoms with E-state index >= 15 is 0 Å². The Kier molecular flexibility index (Phi) is 4.50. The lowest BCUT2D eigenvalue weighted by Gasteiger charge is -2.05. The fourth-order valence-electron chi connectivity index (χ4n) is 1.89. The van der Waals surface area contributed by atoms with Crippen LogP contribution in [0, 0.1) is 6.92 Å². The summed E-state index contributed by atoms with van der Waals surface area (Å²) in [6.07, 6.45) is 1.71. The van der Waals surface area contributed by atoms with Gasteiger partial charge in [-0.1, -0.05) is 6.07 Å². The van der Waals surface area contributed by atoms with E-state index in [1.807, 2.05) is 18.4 Å². The van der Waals surface area contributed by atoms with Crippen LogP contribution in [0.15, 0.2) is 48.0 Å². The summed E-state index contributed by atoms with van der Waals surface area (Å²) < 4.78 is 0. The van der Waals surface area contributed by atoms with Crippen molar-refractivity contribution < 1.29 is 9.59 Å². The number of hydrogen-bond donors (Lipinski definition) is 2. The SMILES string of the molecule is Cc1cnc(NC(=O)c2ccc(NC(=O)c3cccs3)cc2)s1. The molecule has 0 fully saturated rings. The third kappa shape index (κ3) is 3.82. The van der Waals surface area contributed by atoms with Gasteiger partial charge in [-0.3, -0.25) is 14.9 Å². The molecule has 1 aromatic carbocycles. The quantitative estimate of drug-likeness (QED) is 0.751. The molecule has 2 heterocycles. The molecule has 2 amide bonds. The number of aromatic nitrogens is 1. The van der Waals surface area contributed by atoms with Gasteiger partial charge in [0.05, 0.1) is 4.88 Å². The van der Waals surface area contributed by atoms with Crippen molar-refractivity contribution >= 4 is 45.3 Å². The minimum absolute atomic E-state index is 0.157. The van der Waals surface area contributed by atoms with Crippen LogP contribution < -0.4 is 10.6 Å². The van der Waals surface area contributed by atoms with Gasteiger partial charge in [0.15, 0.2) is 5.13 Å². The first-order valence-electron chi connectivity index (χ1n) is 6.80. The predicted octanol–water partition coefficient (Wildman–Crippen LogP) is 4.02. The van der Waals surface area contributed by atoms with Gasteiger partial charge in [-0.05, 0) is 42.6 Å². The summed E-state index contributed by atoms with van der Waals surface area (Å²) in [5.41, 5.74) is 1.15. The Bertz CT molecular complexity index is 823. The largest absolute Gasteiger partial charge is 0.321 e. The second-order valence-corrected chi connectivity index (χ2v) is 6.92. The molecule has 5 nitrogen and oxygen atoms in total. The zero-order valence-electron chi connectivity index (χ0n) is 12.2. The number of aryl methyl sites for hydroxylation is 1. The lowest BCUT2D eigenvalue weighted by molar-refractivity contribution is 0.102. The third-order valence-electron chi connectivity index (χ3n) is 2.99. The first-order valence-corrected chi connectivity index (χ1v) is 8.50. The Morgan fingerprint density at radius 3 is 2.43 bits per heavy atom. The molecule has 0 saturated carbocycles. The molecular weight excluding hydrogens is 330 g/mol. The van der Waals surface area contributed by atoms with Gasteiger partial charge in [-0.2, -0.15) is 0 Å². The number of nitrogens with zero attached hydrogens (tertiary/aromatic N) is 1. The fourth-order valence-corrected chi connectivity index (χ4v) is 3.17. The van der Waals surface area contributed by atoms with E-state index in [9.17, 15) is 9.59 Å². The van der Waals surface area contributed by atoms with Gasteiger partial charge in [-0.25, -0.2) is 4.98 Å². The molecule has 0 aliphatic heterocycles. The molecule has 0 radical (unpaired) electrons. The number of carbonyl (C=O) groups is 2. The lowest BCUT2D eigenvalue weighted by atomic mass is 10.2. The molecule has 2 aromatic heterocycles. The third-order valence-corrected chi connectivity index (χ3v) is 4.69. The first-order chi connectivity index (χ1) is 11.1. The maximum absolute atomic E-state index is 12.1. The van der Waals surface area contributed by atoms with Crippen molar-refractivity contribution in [2.75, 3.05) is 10.6 Å². The highest BCUT2D eigenvalue weighted by Crippen LogP contribution is 2.18. The monoisotopic (exact) mass is 343 g/mol. The van der Waals surface area contributed by atoms with Crippen molar-refractivity contribution in [3.63, 3.8) is 0 Å². The molecule has 7 heteroatoms. The first kappa shape index (κ1) is 15.4. The predicted molar refractivity (Wildman–Crippen MR) is 93.5 cm³/mol. The van der Waals surface area contributed by atoms with Crippen LogP contribution in [0.2, 0.25) is 0 Å². The molecule has 116 valence electrons. The number of thiophene rings is 1. The highest BCUT2D eigenvalue weighted by atomic mass is 32.1. The van der Waals surface area contributed by atoms with Crippen LogP contribution in [0.1, 0.15) is 24.9 Å². The standard InChI is InChI=1S/C16H13N3O2S2/c1-10-9-17-16(23-10)19-14(20)11-4-6-12(7-5-11)18-15(21)13-3-2-8-22-13/h2-9H,1H3,(H,18,21)(H,17,19,20). The van der Waals surface area contributed by atoms with Gasteiger partial charge in [0.25, 0.3) is 11.8 Å². The van der Waals surface area contributed by atoms with Crippen LogP contribution in [-0.2, 0) is 0 Å². The zero-order valence-corrected chi connectivity index (χ0v) is 13.8. The van der Waals surface area contributed by atoms with E-state index in [0.717, 1.165) is 4.88 Å². The summed E-state index contributed by atoms with van der Waals surface area (Å²) in [6.45, 7) is 1.93. The van der Waals surface area contributed by atoms with Crippen LogP contribution in [0.5, 0.6) is 0 Å². The number of hydrogen-bond acceptors (Lipinski definition) is 5. The summed E-state index contributed by atoms with van der Waals surface area (Å²) in [6, 6.07) is 10.3. The molecule has 0 atom stereocenters. The molecule has 2 N–H and O–H groups in total. The number of nitrogens with one attached hydrogen (secondary N) is 2. The number of thiazole rings is 1. The molecule has 0 bridgehead atoms. The Balaban J connectivity index is 1.64. The van der Waals surface area contributed by atoms with Gasteiger partial charge in [0, 0.05) is 22.3 Å². The zero-order chi connectivity index (χ0) is 16.2. The molecule has 3 rings (SSSR count). The minimum atomic E-state index is -0.226. The van der Waals surface area contributed by atoms with Crippen LogP contribution in [-0.4, -0.2) is 16.8 Å². The van der Waals surface area contributed by atoms with E-state index in [1.54, 1.807) is 36.5 Å². The smallest absolute Gasteiger partial charge is 0.265 e. The fraction of sp³-hybridized carbons (Fsp3) is 0.0625. The van der Waals surface area contributed by atoms with Crippen molar-refractivity contribution in [2.24, 2.45) is 0 Å². The van der Waals surface area contributed by atoms with Crippen molar-refractivity contribution in [1.29, 1.82) is 0 Å². The molecule has 0 aliphatic rings. The van der Waals surface area contributed by atoms with Crippen LogP contribution in [0.4, 0.5) is 10.8 Å². The van der Waals surface area contributed by atoms with Crippen LogP contribution >= 0.6 is 22.7 Å². The number of benzene rings is 1. The van der Waals surface area contributed by atoms with Gasteiger partial charge in [0.1, 0.15) is 0 Å². The normalized spacial score (nSPS) is 10.3. The highest BCUT2D eigenvalue weighted by Gasteiger charge is 2.10. The number of rotatable bonds is 4. The topological polar surface area (TPSA) is 71.1 Å². The van der Waals surface area contributed by atoms with Gasteiger partial charge in [0.2, 0.25) is 0 Å². The summed E-state index contributed by atoms with van der Waals surface area (Å²) in [5.74, 6) is -0.383. The molecular formula is C16H13N3O2S2. The Hall–Kier alpha value is -2.51. The molecule has 3 aromatic rings. The minimum Gasteiger partial charge on any atom is -0.321 e. The average Bonchev–Trinajstić information content (AvgIpc) is 3.20. The maximum atomic E-state index is 12.1. The Morgan fingerprint density at radius 2 is 1.83 bits per heavy atom. The van der Waals surface area contributed by atoms with Crippen molar-refractivity contribution in [3.8, 4) is 0 Å². The van der Waals surface area contributed by atoms with Crippen LogP contribution in [0.25, 0.3) is 0 Å². The van der Waals surface area contributed by atoms with E-state index in [1.165, 1.54) is 22.7 Å². The van der Waals surface area contributed by atoms with E-state index in [0.29, 0.717) is 21.3 Å². The van der Waals surface area contributed by atoms with Gasteiger partial charge >= 0.3 is 0 Å². The summed E-state index contributed by atoms with van der Waals surface area (Å²) in [5, 5.41) is 7.96. The molecule has 0 saturated heterocycles. The second kappa shape index (κ2) is 6.72. The molecule has 0 unspecified atom stereocenters. The number of anilines is 2. The van der Waals surface area contributed by atoms with Crippen molar-refractivity contribution in [2.45, 2.75) is 6.92 Å². The van der Waals surface area contributed by atoms with E-state index < -0.39 is 0 Å². The van der Waals surface area contributed by atoms with Gasteiger partial charge in [-0.15, -0.1) is 22.7 Å². The van der Waals surface area contributed by atoms with Crippen molar-refractivity contribution in [3.05, 3.63) is 63.3 Å². The van der Waals surface area contributed by atoms with Gasteiger partial charge < -0.3 is 5.32 Å². The van der Waals surface area contributed by atoms with Crippen LogP contribution in [0.3, 0.4) is 0 Å². The summed E-state index contributed by atoms with van der Waals surface area (Å²) in [4.78, 5) is 29.8. The highest BCUT2D eigenvalue weighted by molar-refractivity contribution is 7.15. The summed E-state index contributed by atoms with van der Waals surface area (Å²) in [7, 11) is 0. The van der Waals surface area contributed by atoms with E-state index in [4.69, 9.17) is 0 Å². The van der Waals surface area contributed by atoms with Crippen molar-refractivity contribution in [1.82, 2.24) is 4.98 Å². The average molecular weight is 343 g/mol.